The molecule has 0 aliphatic heterocycles. The number of nitrogens with one attached hydrogen (secondary N) is 1. The Morgan fingerprint density at radius 1 is 1.40 bits per heavy atom. The fourth-order valence-electron chi connectivity index (χ4n) is 3.09. The summed E-state index contributed by atoms with van der Waals surface area (Å²) in [6.07, 6.45) is 2.90. The van der Waals surface area contributed by atoms with Crippen LogP contribution in [-0.4, -0.2) is 37.5 Å². The van der Waals surface area contributed by atoms with Crippen LogP contribution in [0.3, 0.4) is 0 Å². The number of ether oxygens (including phenoxy) is 1. The molecule has 2 aromatic heterocycles. The molecule has 5 nitrogen and oxygen atoms in total. The third-order valence-corrected chi connectivity index (χ3v) is 6.82. The van der Waals surface area contributed by atoms with Gasteiger partial charge in [-0.15, -0.1) is 22.7 Å². The molecule has 7 heteroatoms. The summed E-state index contributed by atoms with van der Waals surface area (Å²) in [5, 5.41) is 5.59. The van der Waals surface area contributed by atoms with Crippen LogP contribution in [-0.2, 0) is 22.4 Å². The molecule has 1 aliphatic carbocycles. The molecule has 0 radical (unpaired) electrons. The van der Waals surface area contributed by atoms with Crippen molar-refractivity contribution in [2.75, 3.05) is 26.0 Å². The Balaban J connectivity index is 1.70. The summed E-state index contributed by atoms with van der Waals surface area (Å²) in [4.78, 5) is 29.1. The second-order valence-corrected chi connectivity index (χ2v) is 8.29. The Morgan fingerprint density at radius 2 is 2.20 bits per heavy atom. The van der Waals surface area contributed by atoms with E-state index in [9.17, 15) is 9.59 Å². The highest BCUT2D eigenvalue weighted by atomic mass is 32.1. The van der Waals surface area contributed by atoms with Crippen molar-refractivity contribution in [2.24, 2.45) is 0 Å². The number of thiophene rings is 2. The highest BCUT2D eigenvalue weighted by Crippen LogP contribution is 2.39. The SMILES string of the molecule is COC(=O)c1c(NC(=O)CN(C)C(C)c2cccs2)sc2c1CCC2. The largest absolute Gasteiger partial charge is 0.465 e. The number of likely N-dealkylation sites (N-methyl/N-ethyl adjacent to an activating group) is 1. The van der Waals surface area contributed by atoms with Crippen molar-refractivity contribution in [1.82, 2.24) is 4.90 Å². The molecule has 0 aromatic carbocycles. The van der Waals surface area contributed by atoms with Gasteiger partial charge in [0.25, 0.3) is 0 Å². The average molecular weight is 379 g/mol. The third-order valence-electron chi connectivity index (χ3n) is 4.57. The number of amides is 1. The van der Waals surface area contributed by atoms with Crippen molar-refractivity contribution in [1.29, 1.82) is 0 Å². The van der Waals surface area contributed by atoms with E-state index in [2.05, 4.69) is 18.3 Å². The van der Waals surface area contributed by atoms with Crippen LogP contribution in [0.1, 0.15) is 45.1 Å². The fourth-order valence-corrected chi connectivity index (χ4v) is 5.23. The van der Waals surface area contributed by atoms with Gasteiger partial charge in [-0.3, -0.25) is 9.69 Å². The van der Waals surface area contributed by atoms with Crippen LogP contribution in [0.2, 0.25) is 0 Å². The topological polar surface area (TPSA) is 58.6 Å². The lowest BCUT2D eigenvalue weighted by molar-refractivity contribution is -0.117. The highest BCUT2D eigenvalue weighted by Gasteiger charge is 2.28. The molecule has 1 amide bonds. The molecule has 2 aromatic rings. The Morgan fingerprint density at radius 3 is 2.88 bits per heavy atom. The van der Waals surface area contributed by atoms with E-state index < -0.39 is 0 Å². The summed E-state index contributed by atoms with van der Waals surface area (Å²) in [5.41, 5.74) is 1.59. The lowest BCUT2D eigenvalue weighted by Crippen LogP contribution is -2.32. The molecule has 0 saturated heterocycles. The van der Waals surface area contributed by atoms with Crippen LogP contribution >= 0.6 is 22.7 Å². The van der Waals surface area contributed by atoms with Crippen LogP contribution in [0.15, 0.2) is 17.5 Å². The molecule has 2 heterocycles. The lowest BCUT2D eigenvalue weighted by atomic mass is 10.1. The minimum Gasteiger partial charge on any atom is -0.465 e. The standard InChI is InChI=1S/C18H22N2O3S2/c1-11(13-8-5-9-24-13)20(2)10-15(21)19-17-16(18(22)23-3)12-6-4-7-14(12)25-17/h5,8-9,11H,4,6-7,10H2,1-3H3,(H,19,21). The molecule has 1 aliphatic rings. The van der Waals surface area contributed by atoms with E-state index in [1.165, 1.54) is 28.2 Å². The molecule has 0 spiro atoms. The van der Waals surface area contributed by atoms with Crippen molar-refractivity contribution in [3.63, 3.8) is 0 Å². The molecule has 134 valence electrons. The summed E-state index contributed by atoms with van der Waals surface area (Å²) < 4.78 is 4.92. The van der Waals surface area contributed by atoms with E-state index in [-0.39, 0.29) is 24.5 Å². The van der Waals surface area contributed by atoms with Gasteiger partial charge in [0, 0.05) is 15.8 Å². The minimum absolute atomic E-state index is 0.115. The maximum atomic E-state index is 12.5. The average Bonchev–Trinajstić information content (AvgIpc) is 3.30. The van der Waals surface area contributed by atoms with Crippen molar-refractivity contribution in [3.05, 3.63) is 38.4 Å². The van der Waals surface area contributed by atoms with Gasteiger partial charge in [-0.05, 0) is 50.2 Å². The summed E-state index contributed by atoms with van der Waals surface area (Å²) in [6.45, 7) is 2.35. The number of carbonyl (C=O) groups excluding carboxylic acids is 2. The van der Waals surface area contributed by atoms with Gasteiger partial charge >= 0.3 is 5.97 Å². The van der Waals surface area contributed by atoms with E-state index in [1.807, 2.05) is 23.4 Å². The van der Waals surface area contributed by atoms with Gasteiger partial charge in [-0.1, -0.05) is 6.07 Å². The van der Waals surface area contributed by atoms with Crippen molar-refractivity contribution in [2.45, 2.75) is 32.2 Å². The van der Waals surface area contributed by atoms with Crippen LogP contribution in [0.5, 0.6) is 0 Å². The minimum atomic E-state index is -0.366. The molecule has 3 rings (SSSR count). The molecule has 25 heavy (non-hydrogen) atoms. The predicted octanol–water partition coefficient (Wildman–Crippen LogP) is 3.72. The molecule has 0 saturated carbocycles. The van der Waals surface area contributed by atoms with E-state index in [0.29, 0.717) is 10.6 Å². The number of nitrogens with zero attached hydrogens (tertiary/aromatic N) is 1. The first-order valence-corrected chi connectivity index (χ1v) is 9.97. The number of hydrogen-bond donors (Lipinski definition) is 1. The third kappa shape index (κ3) is 3.78. The Kier molecular flexibility index (Phi) is 5.56. The first-order chi connectivity index (χ1) is 12.0. The van der Waals surface area contributed by atoms with Crippen LogP contribution in [0, 0.1) is 0 Å². The van der Waals surface area contributed by atoms with Crippen LogP contribution in [0.25, 0.3) is 0 Å². The van der Waals surface area contributed by atoms with Gasteiger partial charge in [0.15, 0.2) is 0 Å². The smallest absolute Gasteiger partial charge is 0.341 e. The van der Waals surface area contributed by atoms with Crippen molar-refractivity contribution >= 4 is 39.6 Å². The van der Waals surface area contributed by atoms with E-state index in [4.69, 9.17) is 4.74 Å². The number of methoxy groups -OCH3 is 1. The molecule has 0 bridgehead atoms. The molecule has 0 fully saturated rings. The maximum Gasteiger partial charge on any atom is 0.341 e. The van der Waals surface area contributed by atoms with Crippen LogP contribution in [0.4, 0.5) is 5.00 Å². The molecule has 1 N–H and O–H groups in total. The van der Waals surface area contributed by atoms with Gasteiger partial charge < -0.3 is 10.1 Å². The number of aryl methyl sites for hydroxylation is 1. The summed E-state index contributed by atoms with van der Waals surface area (Å²) in [7, 11) is 3.31. The van der Waals surface area contributed by atoms with Gasteiger partial charge in [-0.2, -0.15) is 0 Å². The number of rotatable bonds is 6. The number of esters is 1. The predicted molar refractivity (Wildman–Crippen MR) is 102 cm³/mol. The van der Waals surface area contributed by atoms with Crippen molar-refractivity contribution in [3.8, 4) is 0 Å². The quantitative estimate of drug-likeness (QED) is 0.779. The second-order valence-electron chi connectivity index (χ2n) is 6.21. The van der Waals surface area contributed by atoms with Gasteiger partial charge in [0.2, 0.25) is 5.91 Å². The Hall–Kier alpha value is -1.70. The van der Waals surface area contributed by atoms with E-state index in [0.717, 1.165) is 24.8 Å². The second kappa shape index (κ2) is 7.68. The lowest BCUT2D eigenvalue weighted by Gasteiger charge is -2.23. The molecular formula is C18H22N2O3S2. The van der Waals surface area contributed by atoms with Crippen LogP contribution < -0.4 is 5.32 Å². The van der Waals surface area contributed by atoms with Gasteiger partial charge in [0.05, 0.1) is 19.2 Å². The van der Waals surface area contributed by atoms with Gasteiger partial charge in [0.1, 0.15) is 5.00 Å². The number of anilines is 1. The fraction of sp³-hybridized carbons (Fsp3) is 0.444. The van der Waals surface area contributed by atoms with E-state index >= 15 is 0 Å². The highest BCUT2D eigenvalue weighted by molar-refractivity contribution is 7.17. The Bertz CT molecular complexity index is 768. The Labute approximate surface area is 155 Å². The zero-order chi connectivity index (χ0) is 18.0. The molecule has 1 unspecified atom stereocenters. The van der Waals surface area contributed by atoms with E-state index in [1.54, 1.807) is 11.3 Å². The monoisotopic (exact) mass is 378 g/mol. The van der Waals surface area contributed by atoms with Gasteiger partial charge in [-0.25, -0.2) is 4.79 Å². The summed E-state index contributed by atoms with van der Waals surface area (Å²) in [5.74, 6) is -0.481. The number of fused-ring (bicyclic) bond motifs is 1. The first-order valence-electron chi connectivity index (χ1n) is 8.27. The molecular weight excluding hydrogens is 356 g/mol. The molecule has 1 atom stereocenters. The number of hydrogen-bond acceptors (Lipinski definition) is 6. The first kappa shape index (κ1) is 18.1. The zero-order valence-electron chi connectivity index (χ0n) is 14.6. The number of carbonyl (C=O) groups is 2. The van der Waals surface area contributed by atoms with Crippen molar-refractivity contribution < 1.29 is 14.3 Å². The zero-order valence-corrected chi connectivity index (χ0v) is 16.3. The normalized spacial score (nSPS) is 14.4. The summed E-state index contributed by atoms with van der Waals surface area (Å²) in [6, 6.07) is 4.25. The maximum absolute atomic E-state index is 12.5. The summed E-state index contributed by atoms with van der Waals surface area (Å²) >= 11 is 3.19.